The van der Waals surface area contributed by atoms with Crippen molar-refractivity contribution >= 4 is 39.3 Å². The molecule has 2 unspecified atom stereocenters. The molecule has 1 aliphatic rings. The third-order valence-corrected chi connectivity index (χ3v) is 7.57. The van der Waals surface area contributed by atoms with Crippen molar-refractivity contribution in [2.45, 2.75) is 41.6 Å². The Morgan fingerprint density at radius 3 is 2.63 bits per heavy atom. The van der Waals surface area contributed by atoms with E-state index in [9.17, 15) is 23.4 Å². The van der Waals surface area contributed by atoms with Gasteiger partial charge in [0.05, 0.1) is 17.8 Å². The zero-order chi connectivity index (χ0) is 25.3. The van der Waals surface area contributed by atoms with Gasteiger partial charge in [-0.15, -0.1) is 5.10 Å². The number of hydrogen-bond acceptors (Lipinski definition) is 8. The number of nitrogens with zero attached hydrogens (tertiary/aromatic N) is 4. The molecular weight excluding hydrogens is 577 g/mol. The lowest BCUT2D eigenvalue weighted by Crippen LogP contribution is -2.55. The number of thioether (sulfide) groups is 1. The van der Waals surface area contributed by atoms with Gasteiger partial charge in [0.15, 0.2) is 17.5 Å². The first-order valence-corrected chi connectivity index (χ1v) is 12.4. The van der Waals surface area contributed by atoms with Crippen molar-refractivity contribution in [1.82, 2.24) is 20.0 Å². The van der Waals surface area contributed by atoms with Gasteiger partial charge in [0.25, 0.3) is 0 Å². The molecular formula is C21H19BrClF3N4O4S. The van der Waals surface area contributed by atoms with Gasteiger partial charge >= 0.3 is 0 Å². The van der Waals surface area contributed by atoms with Crippen molar-refractivity contribution in [2.75, 3.05) is 13.2 Å². The third kappa shape index (κ3) is 5.50. The van der Waals surface area contributed by atoms with Crippen molar-refractivity contribution in [3.05, 3.63) is 57.7 Å². The fourth-order valence-corrected chi connectivity index (χ4v) is 5.58. The molecule has 5 atom stereocenters. The molecule has 2 N–H and O–H groups in total. The molecule has 0 saturated carbocycles. The third-order valence-electron chi connectivity index (χ3n) is 5.30. The number of benzene rings is 1. The SMILES string of the molecule is CCOC1[C@@H](Sc2cc(Cl)cnc2Br)OC(CO)[C@H](O)[C@@H]1n1cc(-c2cc(F)c(F)c(F)c2)nn1. The summed E-state index contributed by atoms with van der Waals surface area (Å²) in [5.74, 6) is -4.33. The molecule has 1 fully saturated rings. The van der Waals surface area contributed by atoms with E-state index in [0.29, 0.717) is 14.5 Å². The number of rotatable bonds is 7. The molecule has 1 aliphatic heterocycles. The van der Waals surface area contributed by atoms with Gasteiger partial charge in [-0.2, -0.15) is 0 Å². The van der Waals surface area contributed by atoms with Crippen LogP contribution in [0.3, 0.4) is 0 Å². The fraction of sp³-hybridized carbons (Fsp3) is 0.381. The quantitative estimate of drug-likeness (QED) is 0.312. The van der Waals surface area contributed by atoms with E-state index in [1.165, 1.54) is 28.8 Å². The zero-order valence-corrected chi connectivity index (χ0v) is 21.1. The highest BCUT2D eigenvalue weighted by molar-refractivity contribution is 9.10. The van der Waals surface area contributed by atoms with Crippen LogP contribution >= 0.6 is 39.3 Å². The Morgan fingerprint density at radius 2 is 1.97 bits per heavy atom. The summed E-state index contributed by atoms with van der Waals surface area (Å²) in [4.78, 5) is 4.79. The Morgan fingerprint density at radius 1 is 1.26 bits per heavy atom. The summed E-state index contributed by atoms with van der Waals surface area (Å²) in [6.07, 6.45) is -0.257. The van der Waals surface area contributed by atoms with E-state index >= 15 is 0 Å². The lowest BCUT2D eigenvalue weighted by molar-refractivity contribution is -0.191. The standard InChI is InChI=1S/C21H19BrClF3N4O4S/c1-2-33-19-17(30-7-13(28-29-30)9-3-11(24)16(26)12(25)4-9)18(32)14(8-31)34-21(19)35-15-5-10(23)6-27-20(15)22/h3-7,14,17-19,21,31-32H,2,8H2,1H3/t14?,17-,18-,19?,21+/m0/s1. The maximum absolute atomic E-state index is 13.7. The van der Waals surface area contributed by atoms with Crippen LogP contribution in [0.2, 0.25) is 5.02 Å². The molecule has 35 heavy (non-hydrogen) atoms. The molecule has 0 bridgehead atoms. The van der Waals surface area contributed by atoms with Gasteiger partial charge in [-0.3, -0.25) is 0 Å². The second-order valence-electron chi connectivity index (χ2n) is 7.52. The molecule has 1 saturated heterocycles. The Bertz CT molecular complexity index is 1190. The lowest BCUT2D eigenvalue weighted by Gasteiger charge is -2.43. The first-order chi connectivity index (χ1) is 16.7. The second-order valence-corrected chi connectivity index (χ2v) is 9.85. The maximum atomic E-state index is 13.7. The topological polar surface area (TPSA) is 103 Å². The second kappa shape index (κ2) is 11.1. The highest BCUT2D eigenvalue weighted by atomic mass is 79.9. The van der Waals surface area contributed by atoms with Crippen LogP contribution in [0.1, 0.15) is 13.0 Å². The largest absolute Gasteiger partial charge is 0.394 e. The first kappa shape index (κ1) is 26.3. The molecule has 0 spiro atoms. The molecule has 2 aromatic heterocycles. The lowest BCUT2D eigenvalue weighted by atomic mass is 9.97. The Hall–Kier alpha value is -1.74. The molecule has 0 aliphatic carbocycles. The molecule has 0 amide bonds. The minimum absolute atomic E-state index is 0.0410. The average molecular weight is 596 g/mol. The van der Waals surface area contributed by atoms with Gasteiger partial charge in [-0.05, 0) is 41.1 Å². The highest BCUT2D eigenvalue weighted by Crippen LogP contribution is 2.42. The van der Waals surface area contributed by atoms with Crippen molar-refractivity contribution in [2.24, 2.45) is 0 Å². The van der Waals surface area contributed by atoms with E-state index in [1.54, 1.807) is 13.0 Å². The molecule has 8 nitrogen and oxygen atoms in total. The van der Waals surface area contributed by atoms with Gasteiger partial charge < -0.3 is 19.7 Å². The molecule has 188 valence electrons. The number of aliphatic hydroxyl groups is 2. The van der Waals surface area contributed by atoms with E-state index in [4.69, 9.17) is 21.1 Å². The molecule has 4 rings (SSSR count). The molecule has 1 aromatic carbocycles. The molecule has 0 radical (unpaired) electrons. The van der Waals surface area contributed by atoms with Crippen LogP contribution in [-0.2, 0) is 9.47 Å². The van der Waals surface area contributed by atoms with Gasteiger partial charge in [0.2, 0.25) is 0 Å². The van der Waals surface area contributed by atoms with E-state index in [0.717, 1.165) is 12.1 Å². The van der Waals surface area contributed by atoms with E-state index in [1.807, 2.05) is 0 Å². The van der Waals surface area contributed by atoms with Gasteiger partial charge in [0.1, 0.15) is 40.1 Å². The Kier molecular flexibility index (Phi) is 8.36. The van der Waals surface area contributed by atoms with Crippen molar-refractivity contribution < 1.29 is 32.9 Å². The number of ether oxygens (including phenoxy) is 2. The van der Waals surface area contributed by atoms with Crippen LogP contribution in [0.25, 0.3) is 11.3 Å². The fourth-order valence-electron chi connectivity index (χ4n) is 3.70. The number of halogens is 5. The summed E-state index contributed by atoms with van der Waals surface area (Å²) in [6, 6.07) is 2.37. The monoisotopic (exact) mass is 594 g/mol. The summed E-state index contributed by atoms with van der Waals surface area (Å²) >= 11 is 10.7. The summed E-state index contributed by atoms with van der Waals surface area (Å²) in [5, 5.41) is 29.2. The van der Waals surface area contributed by atoms with Crippen LogP contribution in [0.15, 0.2) is 40.1 Å². The van der Waals surface area contributed by atoms with Crippen LogP contribution in [0, 0.1) is 17.5 Å². The van der Waals surface area contributed by atoms with Crippen molar-refractivity contribution in [1.29, 1.82) is 0 Å². The minimum Gasteiger partial charge on any atom is -0.394 e. The predicted octanol–water partition coefficient (Wildman–Crippen LogP) is 3.99. The highest BCUT2D eigenvalue weighted by Gasteiger charge is 2.48. The number of aliphatic hydroxyl groups excluding tert-OH is 2. The summed E-state index contributed by atoms with van der Waals surface area (Å²) in [7, 11) is 0. The first-order valence-electron chi connectivity index (χ1n) is 10.3. The number of pyridine rings is 1. The number of aromatic nitrogens is 4. The van der Waals surface area contributed by atoms with Gasteiger partial charge in [0, 0.05) is 23.3 Å². The maximum Gasteiger partial charge on any atom is 0.194 e. The number of hydrogen-bond donors (Lipinski definition) is 2. The van der Waals surface area contributed by atoms with Crippen LogP contribution in [0.5, 0.6) is 0 Å². The summed E-state index contributed by atoms with van der Waals surface area (Å²) in [5.41, 5.74) is -0.741. The normalized spacial score (nSPS) is 24.6. The van der Waals surface area contributed by atoms with E-state index < -0.39 is 53.8 Å². The molecule has 14 heteroatoms. The van der Waals surface area contributed by atoms with Gasteiger partial charge in [-0.25, -0.2) is 22.8 Å². The van der Waals surface area contributed by atoms with Crippen LogP contribution in [0.4, 0.5) is 13.2 Å². The predicted molar refractivity (Wildman–Crippen MR) is 124 cm³/mol. The minimum atomic E-state index is -1.59. The molecule has 3 heterocycles. The summed E-state index contributed by atoms with van der Waals surface area (Å²) < 4.78 is 54.5. The zero-order valence-electron chi connectivity index (χ0n) is 18.0. The van der Waals surface area contributed by atoms with E-state index in [-0.39, 0.29) is 17.9 Å². The summed E-state index contributed by atoms with van der Waals surface area (Å²) in [6.45, 7) is 1.51. The van der Waals surface area contributed by atoms with E-state index in [2.05, 4.69) is 31.2 Å². The van der Waals surface area contributed by atoms with Crippen molar-refractivity contribution in [3.63, 3.8) is 0 Å². The van der Waals surface area contributed by atoms with Crippen LogP contribution < -0.4 is 0 Å². The average Bonchev–Trinajstić information content (AvgIpc) is 3.31. The van der Waals surface area contributed by atoms with Gasteiger partial charge in [-0.1, -0.05) is 28.6 Å². The Balaban J connectivity index is 1.71. The van der Waals surface area contributed by atoms with Crippen LogP contribution in [-0.4, -0.2) is 67.2 Å². The smallest absolute Gasteiger partial charge is 0.194 e. The Labute approximate surface area is 215 Å². The molecule has 3 aromatic rings. The van der Waals surface area contributed by atoms with Crippen molar-refractivity contribution in [3.8, 4) is 11.3 Å².